The summed E-state index contributed by atoms with van der Waals surface area (Å²) in [4.78, 5) is 12.4. The van der Waals surface area contributed by atoms with Gasteiger partial charge in [0.1, 0.15) is 0 Å². The number of hydrogen-bond acceptors (Lipinski definition) is 3. The minimum absolute atomic E-state index is 0.0416. The van der Waals surface area contributed by atoms with Crippen LogP contribution < -0.4 is 9.62 Å². The molecule has 1 amide bonds. The molecule has 0 aliphatic heterocycles. The second kappa shape index (κ2) is 8.85. The van der Waals surface area contributed by atoms with Crippen molar-refractivity contribution in [3.05, 3.63) is 28.8 Å². The highest BCUT2D eigenvalue weighted by Gasteiger charge is 2.27. The molecule has 0 atom stereocenters. The number of nitrogens with one attached hydrogen (secondary N) is 1. The van der Waals surface area contributed by atoms with Gasteiger partial charge in [0.25, 0.3) is 0 Å². The van der Waals surface area contributed by atoms with E-state index in [1.165, 1.54) is 10.6 Å². The Morgan fingerprint density at radius 3 is 1.96 bits per heavy atom. The maximum absolute atomic E-state index is 12.4. The normalized spacial score (nSPS) is 12.8. The summed E-state index contributed by atoms with van der Waals surface area (Å²) < 4.78 is 26.3. The third kappa shape index (κ3) is 7.82. The number of amides is 1. The fourth-order valence-electron chi connectivity index (χ4n) is 4.20. The van der Waals surface area contributed by atoms with Crippen molar-refractivity contribution in [3.8, 4) is 0 Å². The largest absolute Gasteiger partial charge is 0.351 e. The number of sulfonamides is 1. The predicted molar refractivity (Wildman–Crippen MR) is 118 cm³/mol. The van der Waals surface area contributed by atoms with E-state index in [4.69, 9.17) is 0 Å². The number of anilines is 1. The Bertz CT molecular complexity index is 783. The highest BCUT2D eigenvalue weighted by Crippen LogP contribution is 2.29. The van der Waals surface area contributed by atoms with Gasteiger partial charge in [-0.3, -0.25) is 9.10 Å². The molecule has 0 aliphatic carbocycles. The lowest BCUT2D eigenvalue weighted by Crippen LogP contribution is -2.46. The molecule has 0 radical (unpaired) electrons. The third-order valence-corrected chi connectivity index (χ3v) is 5.67. The monoisotopic (exact) mass is 410 g/mol. The fourth-order valence-corrected chi connectivity index (χ4v) is 5.28. The van der Waals surface area contributed by atoms with Gasteiger partial charge in [0, 0.05) is 18.5 Å². The van der Waals surface area contributed by atoms with Crippen molar-refractivity contribution in [2.24, 2.45) is 5.41 Å². The van der Waals surface area contributed by atoms with E-state index in [9.17, 15) is 13.2 Å². The first kappa shape index (κ1) is 24.5. The number of benzene rings is 1. The molecule has 160 valence electrons. The van der Waals surface area contributed by atoms with Crippen LogP contribution in [0.3, 0.4) is 0 Å². The van der Waals surface area contributed by atoms with Crippen molar-refractivity contribution in [2.45, 2.75) is 80.2 Å². The van der Waals surface area contributed by atoms with E-state index in [1.807, 2.05) is 46.8 Å². The second-order valence-electron chi connectivity index (χ2n) is 9.86. The molecule has 0 saturated heterocycles. The molecule has 0 heterocycles. The van der Waals surface area contributed by atoms with Crippen LogP contribution in [0.5, 0.6) is 0 Å². The Labute approximate surface area is 172 Å². The Hall–Kier alpha value is -1.56. The Morgan fingerprint density at radius 1 is 1.04 bits per heavy atom. The van der Waals surface area contributed by atoms with Crippen molar-refractivity contribution < 1.29 is 13.2 Å². The molecule has 0 fully saturated rings. The number of aryl methyl sites for hydroxylation is 3. The summed E-state index contributed by atoms with van der Waals surface area (Å²) >= 11 is 0. The molecule has 0 spiro atoms. The van der Waals surface area contributed by atoms with Gasteiger partial charge in [0.2, 0.25) is 15.9 Å². The number of rotatable bonds is 8. The van der Waals surface area contributed by atoms with Crippen LogP contribution in [0, 0.1) is 26.2 Å². The molecule has 28 heavy (non-hydrogen) atoms. The van der Waals surface area contributed by atoms with Gasteiger partial charge in [-0.1, -0.05) is 38.5 Å². The zero-order chi connectivity index (χ0) is 21.9. The lowest BCUT2D eigenvalue weighted by Gasteiger charge is -2.33. The summed E-state index contributed by atoms with van der Waals surface area (Å²) in [6, 6.07) is 3.98. The Kier molecular flexibility index (Phi) is 7.74. The van der Waals surface area contributed by atoms with Crippen LogP contribution in [0.15, 0.2) is 12.1 Å². The summed E-state index contributed by atoms with van der Waals surface area (Å²) in [5.41, 5.74) is 3.51. The quantitative estimate of drug-likeness (QED) is 0.687. The molecule has 1 N–H and O–H groups in total. The highest BCUT2D eigenvalue weighted by atomic mass is 32.2. The summed E-state index contributed by atoms with van der Waals surface area (Å²) in [5.74, 6) is -0.0416. The van der Waals surface area contributed by atoms with Crippen LogP contribution in [0.25, 0.3) is 0 Å². The van der Waals surface area contributed by atoms with Crippen molar-refractivity contribution >= 4 is 21.6 Å². The van der Waals surface area contributed by atoms with Crippen molar-refractivity contribution in [1.29, 1.82) is 0 Å². The average Bonchev–Trinajstić information content (AvgIpc) is 2.39. The average molecular weight is 411 g/mol. The SMILES string of the molecule is Cc1cc(C)c(N(CCCC(=O)NC(C)(C)CC(C)(C)C)S(C)(=O)=O)c(C)c1. The van der Waals surface area contributed by atoms with Crippen molar-refractivity contribution in [2.75, 3.05) is 17.1 Å². The lowest BCUT2D eigenvalue weighted by molar-refractivity contribution is -0.123. The maximum Gasteiger partial charge on any atom is 0.232 e. The van der Waals surface area contributed by atoms with Crippen LogP contribution >= 0.6 is 0 Å². The molecule has 1 aromatic carbocycles. The van der Waals surface area contributed by atoms with Crippen LogP contribution in [0.2, 0.25) is 0 Å². The fraction of sp³-hybridized carbons (Fsp3) is 0.682. The van der Waals surface area contributed by atoms with E-state index in [0.717, 1.165) is 28.8 Å². The third-order valence-electron chi connectivity index (χ3n) is 4.50. The summed E-state index contributed by atoms with van der Waals surface area (Å²) in [6.07, 6.45) is 2.85. The second-order valence-corrected chi connectivity index (χ2v) is 11.8. The first-order chi connectivity index (χ1) is 12.5. The molecule has 0 unspecified atom stereocenters. The van der Waals surface area contributed by atoms with Crippen LogP contribution in [-0.2, 0) is 14.8 Å². The number of carbonyl (C=O) groups is 1. The van der Waals surface area contributed by atoms with E-state index in [2.05, 4.69) is 26.1 Å². The number of carbonyl (C=O) groups excluding carboxylic acids is 1. The predicted octanol–water partition coefficient (Wildman–Crippen LogP) is 4.49. The van der Waals surface area contributed by atoms with E-state index >= 15 is 0 Å². The number of hydrogen-bond donors (Lipinski definition) is 1. The van der Waals surface area contributed by atoms with E-state index in [-0.39, 0.29) is 23.4 Å². The summed E-state index contributed by atoms with van der Waals surface area (Å²) in [6.45, 7) is 16.6. The van der Waals surface area contributed by atoms with Crippen LogP contribution in [0.4, 0.5) is 5.69 Å². The minimum atomic E-state index is -3.43. The van der Waals surface area contributed by atoms with Gasteiger partial charge in [0.15, 0.2) is 0 Å². The van der Waals surface area contributed by atoms with Gasteiger partial charge in [-0.15, -0.1) is 0 Å². The maximum atomic E-state index is 12.4. The van der Waals surface area contributed by atoms with Gasteiger partial charge < -0.3 is 5.32 Å². The van der Waals surface area contributed by atoms with E-state index in [0.29, 0.717) is 12.8 Å². The highest BCUT2D eigenvalue weighted by molar-refractivity contribution is 7.92. The first-order valence-corrected chi connectivity index (χ1v) is 11.7. The Morgan fingerprint density at radius 2 is 1.54 bits per heavy atom. The summed E-state index contributed by atoms with van der Waals surface area (Å²) in [5, 5.41) is 3.09. The Balaban J connectivity index is 2.84. The van der Waals surface area contributed by atoms with E-state index < -0.39 is 10.0 Å². The lowest BCUT2D eigenvalue weighted by atomic mass is 9.82. The van der Waals surface area contributed by atoms with Crippen molar-refractivity contribution in [3.63, 3.8) is 0 Å². The van der Waals surface area contributed by atoms with E-state index in [1.54, 1.807) is 0 Å². The van der Waals surface area contributed by atoms with Gasteiger partial charge in [-0.05, 0) is 64.0 Å². The molecule has 1 rings (SSSR count). The van der Waals surface area contributed by atoms with Crippen molar-refractivity contribution in [1.82, 2.24) is 5.32 Å². The molecule has 6 heteroatoms. The molecule has 0 bridgehead atoms. The topological polar surface area (TPSA) is 66.5 Å². The van der Waals surface area contributed by atoms with Gasteiger partial charge in [-0.2, -0.15) is 0 Å². The molecule has 0 saturated carbocycles. The summed E-state index contributed by atoms with van der Waals surface area (Å²) in [7, 11) is -3.43. The van der Waals surface area contributed by atoms with Crippen LogP contribution in [-0.4, -0.2) is 32.7 Å². The van der Waals surface area contributed by atoms with Crippen LogP contribution in [0.1, 0.15) is 70.6 Å². The molecule has 0 aliphatic rings. The first-order valence-electron chi connectivity index (χ1n) is 9.88. The standard InChI is InChI=1S/C22H38N2O3S/c1-16-13-17(2)20(18(3)14-16)24(28(9,26)27)12-10-11-19(25)23-22(7,8)15-21(4,5)6/h13-14H,10-12,15H2,1-9H3,(H,23,25). The molecule has 1 aromatic rings. The van der Waals surface area contributed by atoms with Gasteiger partial charge in [-0.25, -0.2) is 8.42 Å². The zero-order valence-electron chi connectivity index (χ0n) is 19.1. The zero-order valence-corrected chi connectivity index (χ0v) is 19.9. The van der Waals surface area contributed by atoms with Gasteiger partial charge >= 0.3 is 0 Å². The van der Waals surface area contributed by atoms with Gasteiger partial charge in [0.05, 0.1) is 11.9 Å². The number of nitrogens with zero attached hydrogens (tertiary/aromatic N) is 1. The molecular weight excluding hydrogens is 372 g/mol. The smallest absolute Gasteiger partial charge is 0.232 e. The minimum Gasteiger partial charge on any atom is -0.351 e. The molecule has 0 aromatic heterocycles. The molecule has 5 nitrogen and oxygen atoms in total. The molecular formula is C22H38N2O3S.